The zero-order valence-corrected chi connectivity index (χ0v) is 11.0. The van der Waals surface area contributed by atoms with Crippen LogP contribution < -0.4 is 0 Å². The lowest BCUT2D eigenvalue weighted by Gasteiger charge is -2.27. The summed E-state index contributed by atoms with van der Waals surface area (Å²) in [5.74, 6) is -2.11. The second kappa shape index (κ2) is 6.21. The summed E-state index contributed by atoms with van der Waals surface area (Å²) in [5.41, 5.74) is -0.203. The number of carbonyl (C=O) groups is 1. The Labute approximate surface area is 113 Å². The van der Waals surface area contributed by atoms with Gasteiger partial charge in [-0.3, -0.25) is 4.90 Å². The van der Waals surface area contributed by atoms with Crippen LogP contribution in [0.2, 0.25) is 0 Å². The summed E-state index contributed by atoms with van der Waals surface area (Å²) in [5, 5.41) is 8.70. The average molecular weight is 293 g/mol. The quantitative estimate of drug-likeness (QED) is 0.847. The molecule has 0 radical (unpaired) electrons. The van der Waals surface area contributed by atoms with Crippen molar-refractivity contribution < 1.29 is 27.5 Å². The Kier molecular flexibility index (Phi) is 5.10. The Morgan fingerprint density at radius 2 is 1.95 bits per heavy atom. The van der Waals surface area contributed by atoms with E-state index in [1.54, 1.807) is 13.8 Å². The third-order valence-corrected chi connectivity index (χ3v) is 2.79. The highest BCUT2D eigenvalue weighted by Crippen LogP contribution is 2.21. The predicted molar refractivity (Wildman–Crippen MR) is 65.0 cm³/mol. The molecule has 3 nitrogen and oxygen atoms in total. The van der Waals surface area contributed by atoms with Gasteiger partial charge in [-0.2, -0.15) is 13.2 Å². The standard InChI is InChI=1S/C13H15F4NO2/c1-8(2)18(7-13(15,16)17)6-10-4-3-9(12(19)20)5-11(10)14/h3-5,8H,6-7H2,1-2H3,(H,19,20). The lowest BCUT2D eigenvalue weighted by Crippen LogP contribution is -2.38. The first-order valence-corrected chi connectivity index (χ1v) is 5.92. The number of rotatable bonds is 5. The molecule has 0 heterocycles. The molecule has 0 aliphatic rings. The molecular weight excluding hydrogens is 278 g/mol. The summed E-state index contributed by atoms with van der Waals surface area (Å²) in [6.45, 7) is 1.78. The van der Waals surface area contributed by atoms with Gasteiger partial charge in [-0.05, 0) is 26.0 Å². The Morgan fingerprint density at radius 1 is 1.35 bits per heavy atom. The molecule has 0 aliphatic carbocycles. The molecule has 0 saturated carbocycles. The summed E-state index contributed by atoms with van der Waals surface area (Å²) in [6, 6.07) is 2.76. The number of hydrogen-bond acceptors (Lipinski definition) is 2. The molecule has 7 heteroatoms. The van der Waals surface area contributed by atoms with E-state index in [1.807, 2.05) is 0 Å². The van der Waals surface area contributed by atoms with Gasteiger partial charge in [-0.1, -0.05) is 6.07 Å². The number of carboxylic acid groups (broad SMARTS) is 1. The number of hydrogen-bond donors (Lipinski definition) is 1. The van der Waals surface area contributed by atoms with Gasteiger partial charge < -0.3 is 5.11 Å². The fourth-order valence-corrected chi connectivity index (χ4v) is 1.68. The number of aromatic carboxylic acids is 1. The second-order valence-corrected chi connectivity index (χ2v) is 4.73. The first kappa shape index (κ1) is 16.4. The van der Waals surface area contributed by atoms with E-state index in [4.69, 9.17) is 5.11 Å². The first-order chi connectivity index (χ1) is 9.10. The third-order valence-electron chi connectivity index (χ3n) is 2.79. The summed E-state index contributed by atoms with van der Waals surface area (Å²) < 4.78 is 51.0. The molecule has 0 saturated heterocycles. The number of alkyl halides is 3. The number of nitrogens with zero attached hydrogens (tertiary/aromatic N) is 1. The van der Waals surface area contributed by atoms with Gasteiger partial charge in [-0.15, -0.1) is 0 Å². The summed E-state index contributed by atoms with van der Waals surface area (Å²) in [7, 11) is 0. The van der Waals surface area contributed by atoms with Crippen molar-refractivity contribution in [2.75, 3.05) is 6.54 Å². The predicted octanol–water partition coefficient (Wildman–Crippen LogP) is 3.30. The monoisotopic (exact) mass is 293 g/mol. The first-order valence-electron chi connectivity index (χ1n) is 5.92. The van der Waals surface area contributed by atoms with Gasteiger partial charge >= 0.3 is 12.1 Å². The highest BCUT2D eigenvalue weighted by Gasteiger charge is 2.32. The molecule has 0 fully saturated rings. The van der Waals surface area contributed by atoms with Crippen LogP contribution in [0.5, 0.6) is 0 Å². The SMILES string of the molecule is CC(C)N(Cc1ccc(C(=O)O)cc1F)CC(F)(F)F. The highest BCUT2D eigenvalue weighted by molar-refractivity contribution is 5.87. The molecule has 0 amide bonds. The highest BCUT2D eigenvalue weighted by atomic mass is 19.4. The third kappa shape index (κ3) is 4.80. The fourth-order valence-electron chi connectivity index (χ4n) is 1.68. The van der Waals surface area contributed by atoms with Crippen molar-refractivity contribution in [3.8, 4) is 0 Å². The lowest BCUT2D eigenvalue weighted by molar-refractivity contribution is -0.151. The summed E-state index contributed by atoms with van der Waals surface area (Å²) >= 11 is 0. The molecule has 1 aromatic rings. The van der Waals surface area contributed by atoms with Gasteiger partial charge in [0.05, 0.1) is 12.1 Å². The van der Waals surface area contributed by atoms with E-state index in [2.05, 4.69) is 0 Å². The largest absolute Gasteiger partial charge is 0.478 e. The van der Waals surface area contributed by atoms with Crippen LogP contribution >= 0.6 is 0 Å². The van der Waals surface area contributed by atoms with Crippen molar-refractivity contribution in [1.82, 2.24) is 4.90 Å². The van der Waals surface area contributed by atoms with Gasteiger partial charge in [0, 0.05) is 18.2 Å². The summed E-state index contributed by atoms with van der Waals surface area (Å²) in [6.07, 6.45) is -4.37. The van der Waals surface area contributed by atoms with E-state index < -0.39 is 30.5 Å². The Bertz CT molecular complexity index is 486. The lowest BCUT2D eigenvalue weighted by atomic mass is 10.1. The van der Waals surface area contributed by atoms with Crippen molar-refractivity contribution in [3.63, 3.8) is 0 Å². The van der Waals surface area contributed by atoms with Crippen LogP contribution in [0.3, 0.4) is 0 Å². The van der Waals surface area contributed by atoms with Gasteiger partial charge in [0.15, 0.2) is 0 Å². The van der Waals surface area contributed by atoms with Gasteiger partial charge in [0.1, 0.15) is 5.82 Å². The second-order valence-electron chi connectivity index (χ2n) is 4.73. The van der Waals surface area contributed by atoms with Crippen molar-refractivity contribution in [1.29, 1.82) is 0 Å². The zero-order chi connectivity index (χ0) is 15.5. The molecule has 1 N–H and O–H groups in total. The molecule has 0 aliphatic heterocycles. The van der Waals surface area contributed by atoms with E-state index in [1.165, 1.54) is 12.1 Å². The van der Waals surface area contributed by atoms with Crippen LogP contribution in [0.15, 0.2) is 18.2 Å². The Hall–Kier alpha value is -1.63. The normalized spacial score (nSPS) is 12.2. The van der Waals surface area contributed by atoms with Crippen LogP contribution in [0, 0.1) is 5.82 Å². The maximum absolute atomic E-state index is 13.7. The van der Waals surface area contributed by atoms with Gasteiger partial charge in [0.2, 0.25) is 0 Å². The molecule has 0 atom stereocenters. The molecule has 0 spiro atoms. The molecule has 0 aromatic heterocycles. The molecule has 1 rings (SSSR count). The van der Waals surface area contributed by atoms with Gasteiger partial charge in [0.25, 0.3) is 0 Å². The van der Waals surface area contributed by atoms with Crippen molar-refractivity contribution in [3.05, 3.63) is 35.1 Å². The van der Waals surface area contributed by atoms with Crippen LogP contribution in [0.1, 0.15) is 29.8 Å². The van der Waals surface area contributed by atoms with E-state index in [0.29, 0.717) is 0 Å². The minimum Gasteiger partial charge on any atom is -0.478 e. The molecule has 112 valence electrons. The zero-order valence-electron chi connectivity index (χ0n) is 11.0. The van der Waals surface area contributed by atoms with E-state index in [0.717, 1.165) is 11.0 Å². The van der Waals surface area contributed by atoms with Crippen LogP contribution in [-0.2, 0) is 6.54 Å². The minimum atomic E-state index is -4.37. The van der Waals surface area contributed by atoms with Crippen LogP contribution in [0.4, 0.5) is 17.6 Å². The van der Waals surface area contributed by atoms with Crippen molar-refractivity contribution >= 4 is 5.97 Å². The fraction of sp³-hybridized carbons (Fsp3) is 0.462. The molecular formula is C13H15F4NO2. The van der Waals surface area contributed by atoms with E-state index >= 15 is 0 Å². The molecule has 0 unspecified atom stereocenters. The molecule has 20 heavy (non-hydrogen) atoms. The number of carboxylic acids is 1. The van der Waals surface area contributed by atoms with Crippen molar-refractivity contribution in [2.45, 2.75) is 32.6 Å². The maximum Gasteiger partial charge on any atom is 0.401 e. The topological polar surface area (TPSA) is 40.5 Å². The number of halogens is 4. The summed E-state index contributed by atoms with van der Waals surface area (Å²) in [4.78, 5) is 11.7. The Balaban J connectivity index is 2.92. The number of benzene rings is 1. The van der Waals surface area contributed by atoms with Crippen LogP contribution in [-0.4, -0.2) is 34.7 Å². The van der Waals surface area contributed by atoms with E-state index in [9.17, 15) is 22.4 Å². The molecule has 0 bridgehead atoms. The average Bonchev–Trinajstić information content (AvgIpc) is 2.28. The van der Waals surface area contributed by atoms with E-state index in [-0.39, 0.29) is 17.7 Å². The molecule has 1 aromatic carbocycles. The Morgan fingerprint density at radius 3 is 2.35 bits per heavy atom. The van der Waals surface area contributed by atoms with Gasteiger partial charge in [-0.25, -0.2) is 9.18 Å². The van der Waals surface area contributed by atoms with Crippen molar-refractivity contribution in [2.24, 2.45) is 0 Å². The minimum absolute atomic E-state index is 0.0351. The smallest absolute Gasteiger partial charge is 0.401 e. The van der Waals surface area contributed by atoms with Crippen LogP contribution in [0.25, 0.3) is 0 Å². The maximum atomic E-state index is 13.7.